The predicted molar refractivity (Wildman–Crippen MR) is 88.1 cm³/mol. The lowest BCUT2D eigenvalue weighted by Crippen LogP contribution is -2.16. The molecule has 5 heteroatoms. The molecule has 1 N–H and O–H groups in total. The fraction of sp³-hybridized carbons (Fsp3) is 0.722. The monoisotopic (exact) mass is 329 g/mol. The number of aromatic carboxylic acids is 1. The molecule has 0 aliphatic rings. The van der Waals surface area contributed by atoms with Crippen molar-refractivity contribution in [3.63, 3.8) is 0 Å². The van der Waals surface area contributed by atoms with E-state index in [0.717, 1.165) is 29.9 Å². The molecule has 0 amide bonds. The molecule has 0 saturated heterocycles. The van der Waals surface area contributed by atoms with E-state index in [1.807, 2.05) is 0 Å². The zero-order valence-electron chi connectivity index (χ0n) is 14.1. The molecule has 1 rings (SSSR count). The minimum Gasteiger partial charge on any atom is -0.476 e. The molecule has 0 aromatic carbocycles. The van der Waals surface area contributed by atoms with Gasteiger partial charge in [-0.15, -0.1) is 0 Å². The summed E-state index contributed by atoms with van der Waals surface area (Å²) in [4.78, 5) is 10.9. The van der Waals surface area contributed by atoms with Gasteiger partial charge in [-0.05, 0) is 12.5 Å². The van der Waals surface area contributed by atoms with Crippen LogP contribution >= 0.6 is 0 Å². The molecule has 0 bridgehead atoms. The van der Waals surface area contributed by atoms with Crippen molar-refractivity contribution in [1.82, 2.24) is 4.57 Å². The lowest BCUT2D eigenvalue weighted by Gasteiger charge is -2.11. The van der Waals surface area contributed by atoms with Crippen molar-refractivity contribution in [3.05, 3.63) is 23.8 Å². The van der Waals surface area contributed by atoms with Gasteiger partial charge in [-0.1, -0.05) is 64.7 Å². The summed E-state index contributed by atoms with van der Waals surface area (Å²) in [6.07, 6.45) is 11.1. The van der Waals surface area contributed by atoms with E-state index >= 15 is 0 Å². The van der Waals surface area contributed by atoms with Crippen LogP contribution in [0.1, 0.15) is 81.6 Å². The second kappa shape index (κ2) is 11.2. The highest BCUT2D eigenvalue weighted by Gasteiger charge is 2.18. The van der Waals surface area contributed by atoms with Crippen molar-refractivity contribution >= 4 is 5.97 Å². The average molecular weight is 329 g/mol. The Kier molecular flexibility index (Phi) is 9.57. The van der Waals surface area contributed by atoms with Gasteiger partial charge < -0.3 is 9.67 Å². The molecule has 3 nitrogen and oxygen atoms in total. The van der Waals surface area contributed by atoms with Crippen LogP contribution in [-0.2, 0) is 6.54 Å². The molecule has 132 valence electrons. The van der Waals surface area contributed by atoms with Crippen molar-refractivity contribution in [2.75, 3.05) is 0 Å². The average Bonchev–Trinajstić information content (AvgIpc) is 2.86. The Labute approximate surface area is 137 Å². The quantitative estimate of drug-likeness (QED) is 0.480. The van der Waals surface area contributed by atoms with Gasteiger partial charge in [-0.25, -0.2) is 13.6 Å². The van der Waals surface area contributed by atoms with Crippen LogP contribution in [0.5, 0.6) is 0 Å². The maximum Gasteiger partial charge on any atom is 0.355 e. The number of rotatable bonds is 13. The molecule has 0 radical (unpaired) electrons. The van der Waals surface area contributed by atoms with Gasteiger partial charge in [0.2, 0.25) is 0 Å². The first kappa shape index (κ1) is 19.7. The second-order valence-electron chi connectivity index (χ2n) is 6.18. The van der Waals surface area contributed by atoms with Crippen molar-refractivity contribution < 1.29 is 18.7 Å². The van der Waals surface area contributed by atoms with Crippen LogP contribution < -0.4 is 0 Å². The van der Waals surface area contributed by atoms with E-state index in [1.54, 1.807) is 0 Å². The van der Waals surface area contributed by atoms with Crippen LogP contribution in [0.2, 0.25) is 0 Å². The molecular formula is C18H29F2NO2. The van der Waals surface area contributed by atoms with Crippen LogP contribution in [0.3, 0.4) is 0 Å². The highest BCUT2D eigenvalue weighted by Crippen LogP contribution is 2.16. The van der Waals surface area contributed by atoms with E-state index in [-0.39, 0.29) is 6.54 Å². The fourth-order valence-corrected chi connectivity index (χ4v) is 2.80. The third-order valence-corrected chi connectivity index (χ3v) is 4.13. The number of aromatic nitrogens is 1. The van der Waals surface area contributed by atoms with Crippen molar-refractivity contribution in [2.45, 2.75) is 83.8 Å². The highest BCUT2D eigenvalue weighted by molar-refractivity contribution is 5.86. The molecule has 1 aromatic heterocycles. The fourth-order valence-electron chi connectivity index (χ4n) is 2.80. The number of carbonyl (C=O) groups is 1. The summed E-state index contributed by atoms with van der Waals surface area (Å²) in [6.45, 7) is 2.11. The maximum absolute atomic E-state index is 13.9. The predicted octanol–water partition coefficient (Wildman–Crippen LogP) is 5.58. The first-order chi connectivity index (χ1) is 11.1. The summed E-state index contributed by atoms with van der Waals surface area (Å²) in [7, 11) is 0. The van der Waals surface area contributed by atoms with Crippen molar-refractivity contribution in [2.24, 2.45) is 0 Å². The molecule has 1 aromatic rings. The SMILES string of the molecule is CCCCCCCCCCCC(F)Cn1ccc(F)c1C(=O)O. The molecule has 1 atom stereocenters. The Morgan fingerprint density at radius 2 is 1.70 bits per heavy atom. The smallest absolute Gasteiger partial charge is 0.355 e. The second-order valence-corrected chi connectivity index (χ2v) is 6.18. The van der Waals surface area contributed by atoms with E-state index in [1.165, 1.54) is 44.7 Å². The minimum absolute atomic E-state index is 0.0947. The van der Waals surface area contributed by atoms with Gasteiger partial charge in [0.15, 0.2) is 11.5 Å². The van der Waals surface area contributed by atoms with Crippen LogP contribution in [-0.4, -0.2) is 21.8 Å². The molecule has 0 aliphatic carbocycles. The first-order valence-corrected chi connectivity index (χ1v) is 8.78. The van der Waals surface area contributed by atoms with Gasteiger partial charge in [-0.3, -0.25) is 0 Å². The Hall–Kier alpha value is -1.39. The Balaban J connectivity index is 2.13. The number of hydrogen-bond donors (Lipinski definition) is 1. The Morgan fingerprint density at radius 1 is 1.13 bits per heavy atom. The minimum atomic E-state index is -1.36. The molecule has 23 heavy (non-hydrogen) atoms. The summed E-state index contributed by atoms with van der Waals surface area (Å²) < 4.78 is 28.4. The zero-order valence-corrected chi connectivity index (χ0v) is 14.1. The Morgan fingerprint density at radius 3 is 2.26 bits per heavy atom. The van der Waals surface area contributed by atoms with E-state index in [0.29, 0.717) is 6.42 Å². The molecule has 0 aliphatic heterocycles. The standard InChI is InChI=1S/C18H29F2NO2/c1-2-3-4-5-6-7-8-9-10-11-15(19)14-21-13-12-16(20)17(21)18(22)23/h12-13,15H,2-11,14H2,1H3,(H,22,23). The lowest BCUT2D eigenvalue weighted by molar-refractivity contribution is 0.0677. The van der Waals surface area contributed by atoms with Crippen LogP contribution in [0.25, 0.3) is 0 Å². The summed E-state index contributed by atoms with van der Waals surface area (Å²) in [6, 6.07) is 1.06. The van der Waals surface area contributed by atoms with Gasteiger partial charge >= 0.3 is 5.97 Å². The summed E-state index contributed by atoms with van der Waals surface area (Å²) >= 11 is 0. The molecule has 0 spiro atoms. The lowest BCUT2D eigenvalue weighted by atomic mass is 10.1. The summed E-state index contributed by atoms with van der Waals surface area (Å²) in [5.41, 5.74) is -0.459. The van der Waals surface area contributed by atoms with Crippen LogP contribution in [0, 0.1) is 5.82 Å². The number of carboxylic acids is 1. The number of halogens is 2. The van der Waals surface area contributed by atoms with Gasteiger partial charge in [-0.2, -0.15) is 0 Å². The number of alkyl halides is 1. The van der Waals surface area contributed by atoms with Crippen molar-refractivity contribution in [1.29, 1.82) is 0 Å². The van der Waals surface area contributed by atoms with Gasteiger partial charge in [0.25, 0.3) is 0 Å². The largest absolute Gasteiger partial charge is 0.476 e. The Bertz CT molecular complexity index is 460. The van der Waals surface area contributed by atoms with E-state index in [9.17, 15) is 13.6 Å². The third-order valence-electron chi connectivity index (χ3n) is 4.13. The van der Waals surface area contributed by atoms with E-state index < -0.39 is 23.7 Å². The maximum atomic E-state index is 13.9. The van der Waals surface area contributed by atoms with Gasteiger partial charge in [0, 0.05) is 6.20 Å². The van der Waals surface area contributed by atoms with Crippen LogP contribution in [0.4, 0.5) is 8.78 Å². The van der Waals surface area contributed by atoms with E-state index in [2.05, 4.69) is 6.92 Å². The summed E-state index contributed by atoms with van der Waals surface area (Å²) in [5, 5.41) is 8.92. The van der Waals surface area contributed by atoms with Crippen LogP contribution in [0.15, 0.2) is 12.3 Å². The number of nitrogens with zero attached hydrogens (tertiary/aromatic N) is 1. The normalized spacial score (nSPS) is 12.5. The topological polar surface area (TPSA) is 42.2 Å². The number of hydrogen-bond acceptors (Lipinski definition) is 1. The summed E-state index contributed by atoms with van der Waals surface area (Å²) in [5.74, 6) is -2.17. The number of carboxylic acid groups (broad SMARTS) is 1. The number of unbranched alkanes of at least 4 members (excludes halogenated alkanes) is 8. The molecule has 1 heterocycles. The molecule has 0 fully saturated rings. The first-order valence-electron chi connectivity index (χ1n) is 8.78. The van der Waals surface area contributed by atoms with Gasteiger partial charge in [0.05, 0.1) is 6.54 Å². The molecule has 0 saturated carbocycles. The van der Waals surface area contributed by atoms with E-state index in [4.69, 9.17) is 5.11 Å². The molecule has 1 unspecified atom stereocenters. The molecular weight excluding hydrogens is 300 g/mol. The highest BCUT2D eigenvalue weighted by atomic mass is 19.1. The van der Waals surface area contributed by atoms with Gasteiger partial charge in [0.1, 0.15) is 6.17 Å². The third kappa shape index (κ3) is 7.62. The zero-order chi connectivity index (χ0) is 17.1. The van der Waals surface area contributed by atoms with Crippen molar-refractivity contribution in [3.8, 4) is 0 Å².